The summed E-state index contributed by atoms with van der Waals surface area (Å²) in [6, 6.07) is 21.9. The Morgan fingerprint density at radius 2 is 1.64 bits per heavy atom. The number of nitrogens with one attached hydrogen (secondary N) is 2. The highest BCUT2D eigenvalue weighted by Crippen LogP contribution is 2.26. The summed E-state index contributed by atoms with van der Waals surface area (Å²) in [4.78, 5) is 3.41. The number of aromatic nitrogens is 1. The van der Waals surface area contributed by atoms with Crippen molar-refractivity contribution in [2.24, 2.45) is 0 Å². The minimum Gasteiger partial charge on any atom is -0.490 e. The molecular formula is C28H32N2O5S. The zero-order valence-corrected chi connectivity index (χ0v) is 21.5. The summed E-state index contributed by atoms with van der Waals surface area (Å²) < 4.78 is 34.9. The van der Waals surface area contributed by atoms with Gasteiger partial charge in [0.25, 0.3) is 0 Å². The van der Waals surface area contributed by atoms with Crippen LogP contribution in [0.1, 0.15) is 19.4 Å². The van der Waals surface area contributed by atoms with Crippen LogP contribution in [0.3, 0.4) is 0 Å². The van der Waals surface area contributed by atoms with Gasteiger partial charge in [0, 0.05) is 35.4 Å². The van der Waals surface area contributed by atoms with Crippen LogP contribution in [0, 0.1) is 0 Å². The molecule has 190 valence electrons. The summed E-state index contributed by atoms with van der Waals surface area (Å²) >= 11 is 0. The van der Waals surface area contributed by atoms with E-state index in [1.54, 1.807) is 12.1 Å². The topological polar surface area (TPSA) is 101 Å². The summed E-state index contributed by atoms with van der Waals surface area (Å²) in [5.74, 6) is 1.99. The van der Waals surface area contributed by atoms with Crippen molar-refractivity contribution in [1.82, 2.24) is 10.3 Å². The third-order valence-electron chi connectivity index (χ3n) is 5.86. The molecule has 0 aliphatic carbocycles. The van der Waals surface area contributed by atoms with Crippen LogP contribution >= 0.6 is 0 Å². The number of H-pyrrole nitrogens is 1. The lowest BCUT2D eigenvalue weighted by molar-refractivity contribution is 0.0996. The number of aromatic amines is 1. The normalized spacial score (nSPS) is 13.0. The minimum absolute atomic E-state index is 0.199. The molecule has 0 unspecified atom stereocenters. The van der Waals surface area contributed by atoms with Gasteiger partial charge in [-0.1, -0.05) is 18.2 Å². The van der Waals surface area contributed by atoms with Crippen molar-refractivity contribution in [1.29, 1.82) is 0 Å². The first-order valence-electron chi connectivity index (χ1n) is 11.8. The van der Waals surface area contributed by atoms with Gasteiger partial charge in [0.2, 0.25) is 0 Å². The van der Waals surface area contributed by atoms with E-state index in [1.165, 1.54) is 18.4 Å². The Morgan fingerprint density at radius 3 is 2.31 bits per heavy atom. The Hall–Kier alpha value is -3.33. The van der Waals surface area contributed by atoms with Crippen molar-refractivity contribution in [3.63, 3.8) is 0 Å². The fourth-order valence-electron chi connectivity index (χ4n) is 3.96. The second-order valence-corrected chi connectivity index (χ2v) is 11.6. The van der Waals surface area contributed by atoms with Crippen molar-refractivity contribution in [3.8, 4) is 17.2 Å². The van der Waals surface area contributed by atoms with Gasteiger partial charge in [-0.3, -0.25) is 0 Å². The Kier molecular flexibility index (Phi) is 7.68. The average Bonchev–Trinajstić information content (AvgIpc) is 3.32. The van der Waals surface area contributed by atoms with E-state index in [0.29, 0.717) is 18.0 Å². The predicted molar refractivity (Wildman–Crippen MR) is 142 cm³/mol. The first-order valence-corrected chi connectivity index (χ1v) is 13.7. The summed E-state index contributed by atoms with van der Waals surface area (Å²) in [5, 5.41) is 14.9. The highest BCUT2D eigenvalue weighted by Gasteiger charge is 2.20. The van der Waals surface area contributed by atoms with Gasteiger partial charge in [0.15, 0.2) is 9.84 Å². The molecule has 3 N–H and O–H groups in total. The van der Waals surface area contributed by atoms with Crippen molar-refractivity contribution in [3.05, 3.63) is 84.6 Å². The molecule has 0 aliphatic rings. The lowest BCUT2D eigenvalue weighted by Gasteiger charge is -2.28. The molecule has 7 nitrogen and oxygen atoms in total. The number of β-amino-alcohol motifs (C(OH)–C–C–N with tert-alkyl or cyclic N) is 1. The Bertz CT molecular complexity index is 1390. The number of benzene rings is 3. The van der Waals surface area contributed by atoms with Gasteiger partial charge in [-0.05, 0) is 80.4 Å². The molecule has 0 bridgehead atoms. The maximum absolute atomic E-state index is 11.6. The van der Waals surface area contributed by atoms with Crippen LogP contribution < -0.4 is 14.8 Å². The SMILES string of the molecule is CC(C)(Cc1ccc(Oc2ccc(S(C)(=O)=O)cc2)cc1)NC[C@H](O)COc1cccc2[nH]ccc12. The number of ether oxygens (including phenoxy) is 2. The second kappa shape index (κ2) is 10.7. The van der Waals surface area contributed by atoms with Crippen LogP contribution in [0.15, 0.2) is 83.9 Å². The number of aliphatic hydroxyl groups excluding tert-OH is 1. The zero-order chi connectivity index (χ0) is 25.8. The van der Waals surface area contributed by atoms with Gasteiger partial charge < -0.3 is 24.9 Å². The van der Waals surface area contributed by atoms with Gasteiger partial charge in [-0.15, -0.1) is 0 Å². The van der Waals surface area contributed by atoms with Gasteiger partial charge >= 0.3 is 0 Å². The highest BCUT2D eigenvalue weighted by atomic mass is 32.2. The number of fused-ring (bicyclic) bond motifs is 1. The fourth-order valence-corrected chi connectivity index (χ4v) is 4.59. The van der Waals surface area contributed by atoms with Crippen molar-refractivity contribution >= 4 is 20.7 Å². The molecule has 1 atom stereocenters. The quantitative estimate of drug-likeness (QED) is 0.271. The van der Waals surface area contributed by atoms with E-state index in [0.717, 1.165) is 28.6 Å². The smallest absolute Gasteiger partial charge is 0.175 e. The molecule has 0 radical (unpaired) electrons. The van der Waals surface area contributed by atoms with E-state index in [4.69, 9.17) is 9.47 Å². The van der Waals surface area contributed by atoms with Crippen LogP contribution in [0.25, 0.3) is 10.9 Å². The van der Waals surface area contributed by atoms with E-state index < -0.39 is 15.9 Å². The maximum Gasteiger partial charge on any atom is 0.175 e. The summed E-state index contributed by atoms with van der Waals surface area (Å²) in [7, 11) is -3.23. The van der Waals surface area contributed by atoms with Crippen LogP contribution in [-0.2, 0) is 16.3 Å². The molecule has 4 rings (SSSR count). The second-order valence-electron chi connectivity index (χ2n) is 9.59. The molecule has 36 heavy (non-hydrogen) atoms. The molecule has 0 amide bonds. The van der Waals surface area contributed by atoms with E-state index >= 15 is 0 Å². The molecule has 0 aliphatic heterocycles. The summed E-state index contributed by atoms with van der Waals surface area (Å²) in [6.07, 6.45) is 3.16. The lowest BCUT2D eigenvalue weighted by Crippen LogP contribution is -2.46. The van der Waals surface area contributed by atoms with Gasteiger partial charge in [-0.2, -0.15) is 0 Å². The monoisotopic (exact) mass is 508 g/mol. The third kappa shape index (κ3) is 6.87. The van der Waals surface area contributed by atoms with Gasteiger partial charge in [-0.25, -0.2) is 8.42 Å². The van der Waals surface area contributed by atoms with Crippen molar-refractivity contribution < 1.29 is 23.0 Å². The number of sulfone groups is 1. The van der Waals surface area contributed by atoms with E-state index in [9.17, 15) is 13.5 Å². The lowest BCUT2D eigenvalue weighted by atomic mass is 9.94. The van der Waals surface area contributed by atoms with Crippen LogP contribution in [0.2, 0.25) is 0 Å². The summed E-state index contributed by atoms with van der Waals surface area (Å²) in [6.45, 7) is 4.79. The van der Waals surface area contributed by atoms with E-state index in [2.05, 4.69) is 24.1 Å². The maximum atomic E-state index is 11.6. The molecule has 0 fully saturated rings. The molecule has 1 aromatic heterocycles. The fraction of sp³-hybridized carbons (Fsp3) is 0.286. The summed E-state index contributed by atoms with van der Waals surface area (Å²) in [5.41, 5.74) is 1.88. The third-order valence-corrected chi connectivity index (χ3v) is 6.99. The first kappa shape index (κ1) is 25.8. The highest BCUT2D eigenvalue weighted by molar-refractivity contribution is 7.90. The first-order chi connectivity index (χ1) is 17.1. The molecule has 0 saturated carbocycles. The van der Waals surface area contributed by atoms with Gasteiger partial charge in [0.1, 0.15) is 30.0 Å². The Balaban J connectivity index is 1.25. The van der Waals surface area contributed by atoms with Crippen molar-refractivity contribution in [2.75, 3.05) is 19.4 Å². The molecule has 4 aromatic rings. The zero-order valence-electron chi connectivity index (χ0n) is 20.7. The number of rotatable bonds is 11. The van der Waals surface area contributed by atoms with E-state index in [-0.39, 0.29) is 17.0 Å². The largest absolute Gasteiger partial charge is 0.490 e. The standard InChI is InChI=1S/C28H32N2O5S/c1-28(2,30-18-21(31)19-34-27-6-4-5-26-25(27)15-16-29-26)17-20-7-9-22(10-8-20)35-23-11-13-24(14-12-23)36(3,32)33/h4-16,21,29-31H,17-19H2,1-3H3/t21-/m0/s1. The average molecular weight is 509 g/mol. The van der Waals surface area contributed by atoms with Crippen molar-refractivity contribution in [2.45, 2.75) is 36.8 Å². The molecular weight excluding hydrogens is 476 g/mol. The molecule has 0 saturated heterocycles. The molecule has 0 spiro atoms. The molecule has 8 heteroatoms. The van der Waals surface area contributed by atoms with Gasteiger partial charge in [0.05, 0.1) is 4.90 Å². The van der Waals surface area contributed by atoms with Crippen LogP contribution in [0.4, 0.5) is 0 Å². The minimum atomic E-state index is -3.23. The Morgan fingerprint density at radius 1 is 0.972 bits per heavy atom. The van der Waals surface area contributed by atoms with Crippen LogP contribution in [0.5, 0.6) is 17.2 Å². The number of aliphatic hydroxyl groups is 1. The predicted octanol–water partition coefficient (Wildman–Crippen LogP) is 4.71. The molecule has 3 aromatic carbocycles. The molecule has 1 heterocycles. The number of hydrogen-bond acceptors (Lipinski definition) is 6. The van der Waals surface area contributed by atoms with Crippen LogP contribution in [-0.4, -0.2) is 49.6 Å². The van der Waals surface area contributed by atoms with E-state index in [1.807, 2.05) is 54.7 Å². The number of hydrogen-bond donors (Lipinski definition) is 3. The Labute approximate surface area is 212 Å².